The monoisotopic (exact) mass is 538 g/mol. The summed E-state index contributed by atoms with van der Waals surface area (Å²) in [4.78, 5) is 14.4. The van der Waals surface area contributed by atoms with Crippen molar-refractivity contribution in [3.8, 4) is 17.2 Å². The second-order valence-corrected chi connectivity index (χ2v) is 11.2. The van der Waals surface area contributed by atoms with Crippen LogP contribution in [0.15, 0.2) is 30.3 Å². The summed E-state index contributed by atoms with van der Waals surface area (Å²) in [6, 6.07) is 8.42. The smallest absolute Gasteiger partial charge is 0.412 e. The SMILES string of the molecule is CC(C)(C)OC(=O)Nc1cc(Cl)c(O)cc1OC[C@@H](O)CN1CCC2(CC1)Cc1cc(Cl)ccc1O2. The summed E-state index contributed by atoms with van der Waals surface area (Å²) in [5, 5.41) is 24.0. The van der Waals surface area contributed by atoms with Crippen LogP contribution in [0, 0.1) is 0 Å². The number of halogens is 2. The summed E-state index contributed by atoms with van der Waals surface area (Å²) in [6.45, 7) is 7.20. The fourth-order valence-electron chi connectivity index (χ4n) is 4.53. The van der Waals surface area contributed by atoms with Crippen LogP contribution in [0.25, 0.3) is 0 Å². The Balaban J connectivity index is 1.29. The predicted molar refractivity (Wildman–Crippen MR) is 139 cm³/mol. The van der Waals surface area contributed by atoms with Gasteiger partial charge in [-0.15, -0.1) is 0 Å². The van der Waals surface area contributed by atoms with Gasteiger partial charge in [-0.2, -0.15) is 0 Å². The summed E-state index contributed by atoms with van der Waals surface area (Å²) in [6.07, 6.45) is 1.07. The third kappa shape index (κ3) is 6.68. The third-order valence-electron chi connectivity index (χ3n) is 6.21. The average Bonchev–Trinajstić information content (AvgIpc) is 3.12. The van der Waals surface area contributed by atoms with Gasteiger partial charge >= 0.3 is 6.09 Å². The van der Waals surface area contributed by atoms with Crippen LogP contribution < -0.4 is 14.8 Å². The molecule has 2 aliphatic heterocycles. The highest BCUT2D eigenvalue weighted by Gasteiger charge is 2.42. The number of aliphatic hydroxyl groups is 1. The Morgan fingerprint density at radius 2 is 1.94 bits per heavy atom. The van der Waals surface area contributed by atoms with E-state index in [0.717, 1.165) is 43.7 Å². The van der Waals surface area contributed by atoms with Crippen molar-refractivity contribution in [2.24, 2.45) is 0 Å². The summed E-state index contributed by atoms with van der Waals surface area (Å²) < 4.78 is 17.3. The zero-order valence-corrected chi connectivity index (χ0v) is 22.2. The lowest BCUT2D eigenvalue weighted by atomic mass is 9.87. The van der Waals surface area contributed by atoms with E-state index in [-0.39, 0.29) is 34.4 Å². The largest absolute Gasteiger partial charge is 0.506 e. The predicted octanol–water partition coefficient (Wildman–Crippen LogP) is 5.26. The molecule has 10 heteroatoms. The number of carbonyl (C=O) groups excluding carboxylic acids is 1. The molecule has 0 aliphatic carbocycles. The van der Waals surface area contributed by atoms with Crippen LogP contribution in [0.5, 0.6) is 17.2 Å². The first-order valence-electron chi connectivity index (χ1n) is 11.9. The number of nitrogens with one attached hydrogen (secondary N) is 1. The second-order valence-electron chi connectivity index (χ2n) is 10.4. The van der Waals surface area contributed by atoms with Crippen LogP contribution >= 0.6 is 23.2 Å². The van der Waals surface area contributed by atoms with Crippen LogP contribution in [-0.2, 0) is 11.2 Å². The van der Waals surface area contributed by atoms with Crippen molar-refractivity contribution in [2.45, 2.75) is 57.3 Å². The number of hydrogen-bond donors (Lipinski definition) is 3. The normalized spacial score (nSPS) is 17.8. The second kappa shape index (κ2) is 10.5. The highest BCUT2D eigenvalue weighted by atomic mass is 35.5. The molecule has 0 aromatic heterocycles. The van der Waals surface area contributed by atoms with Crippen molar-refractivity contribution in [2.75, 3.05) is 31.6 Å². The maximum Gasteiger partial charge on any atom is 0.412 e. The maximum absolute atomic E-state index is 12.2. The molecular formula is C26H32Cl2N2O6. The molecule has 1 spiro atoms. The number of amides is 1. The Morgan fingerprint density at radius 3 is 2.64 bits per heavy atom. The van der Waals surface area contributed by atoms with Gasteiger partial charge in [-0.3, -0.25) is 5.32 Å². The number of piperidine rings is 1. The number of aliphatic hydroxyl groups excluding tert-OH is 1. The number of rotatable bonds is 6. The van der Waals surface area contributed by atoms with E-state index < -0.39 is 17.8 Å². The van der Waals surface area contributed by atoms with Gasteiger partial charge in [0, 0.05) is 50.0 Å². The Hall–Kier alpha value is -2.39. The maximum atomic E-state index is 12.2. The molecule has 2 aliphatic rings. The lowest BCUT2D eigenvalue weighted by Gasteiger charge is -2.39. The van der Waals surface area contributed by atoms with Gasteiger partial charge in [0.25, 0.3) is 0 Å². The van der Waals surface area contributed by atoms with E-state index in [4.69, 9.17) is 37.4 Å². The van der Waals surface area contributed by atoms with Crippen LogP contribution in [-0.4, -0.2) is 64.8 Å². The minimum atomic E-state index is -0.785. The molecule has 196 valence electrons. The Morgan fingerprint density at radius 1 is 1.22 bits per heavy atom. The van der Waals surface area contributed by atoms with Crippen molar-refractivity contribution in [3.05, 3.63) is 45.9 Å². The first kappa shape index (κ1) is 26.7. The Labute approximate surface area is 221 Å². The molecule has 0 radical (unpaired) electrons. The van der Waals surface area contributed by atoms with E-state index in [1.54, 1.807) is 20.8 Å². The van der Waals surface area contributed by atoms with Gasteiger partial charge in [0.05, 0.1) is 10.7 Å². The zero-order valence-electron chi connectivity index (χ0n) is 20.6. The van der Waals surface area contributed by atoms with E-state index in [1.807, 2.05) is 18.2 Å². The van der Waals surface area contributed by atoms with E-state index >= 15 is 0 Å². The standard InChI is InChI=1S/C26H32Cl2N2O6/c1-25(2,3)36-24(33)29-20-11-19(28)21(32)12-23(20)34-15-18(31)14-30-8-6-26(7-9-30)13-16-10-17(27)4-5-22(16)35-26/h4-5,10-12,18,31-32H,6-9,13-15H2,1-3H3,(H,29,33)/t18-/m0/s1. The molecule has 0 saturated carbocycles. The number of anilines is 1. The van der Waals surface area contributed by atoms with Gasteiger partial charge in [-0.05, 0) is 50.6 Å². The number of benzene rings is 2. The number of hydrogen-bond acceptors (Lipinski definition) is 7. The van der Waals surface area contributed by atoms with Gasteiger partial charge < -0.3 is 29.3 Å². The first-order valence-corrected chi connectivity index (χ1v) is 12.7. The number of fused-ring (bicyclic) bond motifs is 1. The van der Waals surface area contributed by atoms with E-state index in [0.29, 0.717) is 11.6 Å². The molecule has 1 fully saturated rings. The Bertz CT molecular complexity index is 1110. The van der Waals surface area contributed by atoms with Crippen molar-refractivity contribution >= 4 is 35.0 Å². The van der Waals surface area contributed by atoms with Crippen LogP contribution in [0.1, 0.15) is 39.2 Å². The number of phenolic OH excluding ortho intramolecular Hbond substituents is 1. The number of β-amino-alcohol motifs (C(OH)–C–C–N with tert-alkyl or cyclic N) is 1. The number of aromatic hydroxyl groups is 1. The molecule has 0 unspecified atom stereocenters. The third-order valence-corrected chi connectivity index (χ3v) is 6.75. The van der Waals surface area contributed by atoms with Crippen LogP contribution in [0.2, 0.25) is 10.0 Å². The van der Waals surface area contributed by atoms with Gasteiger partial charge in [0.1, 0.15) is 41.2 Å². The number of nitrogens with zero attached hydrogens (tertiary/aromatic N) is 1. The fraction of sp³-hybridized carbons (Fsp3) is 0.500. The van der Waals surface area contributed by atoms with Gasteiger partial charge in [0.15, 0.2) is 0 Å². The number of phenols is 1. The molecule has 1 amide bonds. The molecule has 2 heterocycles. The summed E-state index contributed by atoms with van der Waals surface area (Å²) in [5.41, 5.74) is 0.478. The Kier molecular flexibility index (Phi) is 7.80. The van der Waals surface area contributed by atoms with Crippen molar-refractivity contribution in [3.63, 3.8) is 0 Å². The average molecular weight is 539 g/mol. The quantitative estimate of drug-likeness (QED) is 0.431. The van der Waals surface area contributed by atoms with Crippen LogP contribution in [0.4, 0.5) is 10.5 Å². The molecule has 8 nitrogen and oxygen atoms in total. The minimum absolute atomic E-state index is 0.0356. The molecule has 4 rings (SSSR count). The van der Waals surface area contributed by atoms with Crippen molar-refractivity contribution in [1.29, 1.82) is 0 Å². The minimum Gasteiger partial charge on any atom is -0.506 e. The van der Waals surface area contributed by atoms with E-state index in [2.05, 4.69) is 10.2 Å². The molecule has 1 saturated heterocycles. The van der Waals surface area contributed by atoms with Gasteiger partial charge in [-0.1, -0.05) is 23.2 Å². The van der Waals surface area contributed by atoms with Crippen molar-refractivity contribution < 1.29 is 29.2 Å². The highest BCUT2D eigenvalue weighted by Crippen LogP contribution is 2.42. The van der Waals surface area contributed by atoms with Crippen molar-refractivity contribution in [1.82, 2.24) is 4.90 Å². The number of likely N-dealkylation sites (tertiary alicyclic amines) is 1. The summed E-state index contributed by atoms with van der Waals surface area (Å²) >= 11 is 12.1. The fourth-order valence-corrected chi connectivity index (χ4v) is 4.89. The number of ether oxygens (including phenoxy) is 3. The van der Waals surface area contributed by atoms with E-state index in [1.165, 1.54) is 12.1 Å². The molecule has 36 heavy (non-hydrogen) atoms. The van der Waals surface area contributed by atoms with Gasteiger partial charge in [0.2, 0.25) is 0 Å². The molecule has 2 aromatic rings. The molecule has 1 atom stereocenters. The highest BCUT2D eigenvalue weighted by molar-refractivity contribution is 6.32. The van der Waals surface area contributed by atoms with Crippen LogP contribution in [0.3, 0.4) is 0 Å². The lowest BCUT2D eigenvalue weighted by molar-refractivity contribution is -0.00193. The zero-order chi connectivity index (χ0) is 26.1. The lowest BCUT2D eigenvalue weighted by Crippen LogP contribution is -2.49. The van der Waals surface area contributed by atoms with E-state index in [9.17, 15) is 15.0 Å². The molecular weight excluding hydrogens is 507 g/mol. The van der Waals surface area contributed by atoms with Gasteiger partial charge in [-0.25, -0.2) is 4.79 Å². The summed E-state index contributed by atoms with van der Waals surface area (Å²) in [5.74, 6) is 0.884. The topological polar surface area (TPSA) is 100 Å². The molecule has 2 aromatic carbocycles. The molecule has 0 bridgehead atoms. The first-order chi connectivity index (χ1) is 16.9. The molecule has 3 N–H and O–H groups in total. The number of carbonyl (C=O) groups is 1. The summed E-state index contributed by atoms with van der Waals surface area (Å²) in [7, 11) is 0.